The molecule has 1 fully saturated rings. The van der Waals surface area contributed by atoms with Gasteiger partial charge in [-0.2, -0.15) is 0 Å². The Morgan fingerprint density at radius 3 is 2.68 bits per heavy atom. The summed E-state index contributed by atoms with van der Waals surface area (Å²) in [7, 11) is 0. The second kappa shape index (κ2) is 8.14. The van der Waals surface area contributed by atoms with E-state index in [9.17, 15) is 9.59 Å². The van der Waals surface area contributed by atoms with Gasteiger partial charge in [0.25, 0.3) is 5.56 Å². The zero-order chi connectivity index (χ0) is 17.6. The van der Waals surface area contributed by atoms with Crippen LogP contribution in [-0.4, -0.2) is 33.5 Å². The second-order valence-electron chi connectivity index (χ2n) is 6.68. The van der Waals surface area contributed by atoms with Gasteiger partial charge in [0.1, 0.15) is 5.82 Å². The minimum atomic E-state index is -0.166. The first-order valence-corrected chi connectivity index (χ1v) is 9.20. The average Bonchev–Trinajstić information content (AvgIpc) is 2.88. The molecule has 0 atom stereocenters. The quantitative estimate of drug-likeness (QED) is 0.838. The Kier molecular flexibility index (Phi) is 5.68. The van der Waals surface area contributed by atoms with Crippen LogP contribution in [0.4, 0.5) is 4.79 Å². The molecule has 2 aromatic rings. The first-order chi connectivity index (χ1) is 12.2. The lowest BCUT2D eigenvalue weighted by atomic mass is 10.1. The van der Waals surface area contributed by atoms with Gasteiger partial charge in [0.05, 0.1) is 17.4 Å². The van der Waals surface area contributed by atoms with E-state index >= 15 is 0 Å². The predicted molar refractivity (Wildman–Crippen MR) is 98.5 cm³/mol. The zero-order valence-corrected chi connectivity index (χ0v) is 14.8. The van der Waals surface area contributed by atoms with Gasteiger partial charge in [-0.1, -0.05) is 37.8 Å². The summed E-state index contributed by atoms with van der Waals surface area (Å²) in [5.74, 6) is 0.515. The van der Waals surface area contributed by atoms with Crippen molar-refractivity contribution in [1.82, 2.24) is 20.2 Å². The molecule has 0 saturated heterocycles. The lowest BCUT2D eigenvalue weighted by Crippen LogP contribution is -2.44. The third-order valence-electron chi connectivity index (χ3n) is 4.85. The summed E-state index contributed by atoms with van der Waals surface area (Å²) in [6.07, 6.45) is 6.97. The van der Waals surface area contributed by atoms with Crippen molar-refractivity contribution in [1.29, 1.82) is 0 Å². The third kappa shape index (κ3) is 4.38. The molecule has 0 unspecified atom stereocenters. The Labute approximate surface area is 147 Å². The van der Waals surface area contributed by atoms with Crippen LogP contribution in [0, 0.1) is 0 Å². The summed E-state index contributed by atoms with van der Waals surface area (Å²) >= 11 is 0. The monoisotopic (exact) mass is 342 g/mol. The van der Waals surface area contributed by atoms with E-state index in [0.29, 0.717) is 29.8 Å². The van der Waals surface area contributed by atoms with Crippen molar-refractivity contribution in [2.45, 2.75) is 58.0 Å². The first-order valence-electron chi connectivity index (χ1n) is 9.20. The maximum absolute atomic E-state index is 12.6. The molecule has 0 bridgehead atoms. The van der Waals surface area contributed by atoms with Crippen LogP contribution in [0.3, 0.4) is 0 Å². The largest absolute Gasteiger partial charge is 0.335 e. The molecule has 3 rings (SSSR count). The molecule has 0 radical (unpaired) electrons. The number of urea groups is 1. The molecule has 1 aliphatic rings. The Hall–Kier alpha value is -2.37. The first kappa shape index (κ1) is 17.5. The van der Waals surface area contributed by atoms with Gasteiger partial charge < -0.3 is 15.2 Å². The summed E-state index contributed by atoms with van der Waals surface area (Å²) in [5.41, 5.74) is 0.488. The van der Waals surface area contributed by atoms with Crippen LogP contribution in [-0.2, 0) is 6.54 Å². The summed E-state index contributed by atoms with van der Waals surface area (Å²) < 4.78 is 0. The standard InChI is InChI=1S/C19H26N4O2/c1-2-23(19(25)20-14-9-5-3-4-6-10-14)13-17-21-16-12-8-7-11-15(16)18(24)22-17/h7-8,11-12,14H,2-6,9-10,13H2,1H3,(H,20,25)(H,21,22,24). The Morgan fingerprint density at radius 1 is 1.24 bits per heavy atom. The molecule has 134 valence electrons. The highest BCUT2D eigenvalue weighted by molar-refractivity contribution is 5.77. The number of fused-ring (bicyclic) bond motifs is 1. The minimum Gasteiger partial charge on any atom is -0.335 e. The van der Waals surface area contributed by atoms with E-state index < -0.39 is 0 Å². The number of aromatic nitrogens is 2. The molecule has 2 N–H and O–H groups in total. The van der Waals surface area contributed by atoms with E-state index in [0.717, 1.165) is 12.8 Å². The van der Waals surface area contributed by atoms with Gasteiger partial charge in [0, 0.05) is 12.6 Å². The minimum absolute atomic E-state index is 0.0785. The number of hydrogen-bond donors (Lipinski definition) is 2. The lowest BCUT2D eigenvalue weighted by Gasteiger charge is -2.24. The molecule has 1 aromatic carbocycles. The summed E-state index contributed by atoms with van der Waals surface area (Å²) in [6, 6.07) is 7.42. The topological polar surface area (TPSA) is 78.1 Å². The van der Waals surface area contributed by atoms with Crippen molar-refractivity contribution in [2.24, 2.45) is 0 Å². The van der Waals surface area contributed by atoms with Crippen molar-refractivity contribution in [2.75, 3.05) is 6.54 Å². The number of carbonyl (C=O) groups is 1. The van der Waals surface area contributed by atoms with Crippen LogP contribution in [0.25, 0.3) is 10.9 Å². The van der Waals surface area contributed by atoms with E-state index in [2.05, 4.69) is 15.3 Å². The molecule has 0 aliphatic heterocycles. The number of amides is 2. The highest BCUT2D eigenvalue weighted by atomic mass is 16.2. The molecule has 0 spiro atoms. The van der Waals surface area contributed by atoms with Gasteiger partial charge >= 0.3 is 6.03 Å². The van der Waals surface area contributed by atoms with Gasteiger partial charge in [0.15, 0.2) is 0 Å². The molecule has 25 heavy (non-hydrogen) atoms. The number of benzene rings is 1. The van der Waals surface area contributed by atoms with E-state index in [-0.39, 0.29) is 17.6 Å². The number of hydrogen-bond acceptors (Lipinski definition) is 3. The fourth-order valence-electron chi connectivity index (χ4n) is 3.41. The Morgan fingerprint density at radius 2 is 1.96 bits per heavy atom. The van der Waals surface area contributed by atoms with E-state index in [1.807, 2.05) is 25.1 Å². The van der Waals surface area contributed by atoms with Gasteiger partial charge in [-0.3, -0.25) is 4.79 Å². The molecule has 1 saturated carbocycles. The number of para-hydroxylation sites is 1. The van der Waals surface area contributed by atoms with Crippen LogP contribution >= 0.6 is 0 Å². The van der Waals surface area contributed by atoms with Crippen LogP contribution in [0.15, 0.2) is 29.1 Å². The normalized spacial score (nSPS) is 15.7. The summed E-state index contributed by atoms with van der Waals surface area (Å²) in [6.45, 7) is 2.80. The molecular formula is C19H26N4O2. The molecular weight excluding hydrogens is 316 g/mol. The molecule has 1 aromatic heterocycles. The molecule has 6 heteroatoms. The fraction of sp³-hybridized carbons (Fsp3) is 0.526. The van der Waals surface area contributed by atoms with Crippen LogP contribution in [0.2, 0.25) is 0 Å². The maximum Gasteiger partial charge on any atom is 0.318 e. The number of rotatable bonds is 4. The average molecular weight is 342 g/mol. The van der Waals surface area contributed by atoms with Gasteiger partial charge in [0.2, 0.25) is 0 Å². The number of aromatic amines is 1. The predicted octanol–water partition coefficient (Wildman–Crippen LogP) is 3.18. The van der Waals surface area contributed by atoms with E-state index in [1.165, 1.54) is 25.7 Å². The Bertz CT molecular complexity index is 778. The SMILES string of the molecule is CCN(Cc1nc2ccccc2c(=O)[nH]1)C(=O)NC1CCCCCC1. The van der Waals surface area contributed by atoms with Crippen molar-refractivity contribution in [3.8, 4) is 0 Å². The number of H-pyrrole nitrogens is 1. The summed E-state index contributed by atoms with van der Waals surface area (Å²) in [5, 5.41) is 3.72. The highest BCUT2D eigenvalue weighted by Gasteiger charge is 2.19. The number of carbonyl (C=O) groups excluding carboxylic acids is 1. The van der Waals surface area contributed by atoms with E-state index in [1.54, 1.807) is 11.0 Å². The van der Waals surface area contributed by atoms with Crippen molar-refractivity contribution in [3.05, 3.63) is 40.4 Å². The molecule has 6 nitrogen and oxygen atoms in total. The van der Waals surface area contributed by atoms with Gasteiger partial charge in [-0.15, -0.1) is 0 Å². The maximum atomic E-state index is 12.6. The highest BCUT2D eigenvalue weighted by Crippen LogP contribution is 2.17. The van der Waals surface area contributed by atoms with E-state index in [4.69, 9.17) is 0 Å². The molecule has 1 heterocycles. The number of nitrogens with one attached hydrogen (secondary N) is 2. The van der Waals surface area contributed by atoms with Crippen LogP contribution in [0.5, 0.6) is 0 Å². The van der Waals surface area contributed by atoms with Gasteiger partial charge in [-0.05, 0) is 31.9 Å². The molecule has 1 aliphatic carbocycles. The smallest absolute Gasteiger partial charge is 0.318 e. The van der Waals surface area contributed by atoms with Crippen LogP contribution in [0.1, 0.15) is 51.3 Å². The zero-order valence-electron chi connectivity index (χ0n) is 14.8. The third-order valence-corrected chi connectivity index (χ3v) is 4.85. The van der Waals surface area contributed by atoms with Crippen molar-refractivity contribution >= 4 is 16.9 Å². The Balaban J connectivity index is 1.70. The van der Waals surface area contributed by atoms with Gasteiger partial charge in [-0.25, -0.2) is 9.78 Å². The summed E-state index contributed by atoms with van der Waals surface area (Å²) in [4.78, 5) is 33.8. The molecule has 2 amide bonds. The lowest BCUT2D eigenvalue weighted by molar-refractivity contribution is 0.191. The number of nitrogens with zero attached hydrogens (tertiary/aromatic N) is 2. The van der Waals surface area contributed by atoms with Crippen molar-refractivity contribution < 1.29 is 4.79 Å². The van der Waals surface area contributed by atoms with Crippen molar-refractivity contribution in [3.63, 3.8) is 0 Å². The second-order valence-corrected chi connectivity index (χ2v) is 6.68. The fourth-order valence-corrected chi connectivity index (χ4v) is 3.41. The van der Waals surface area contributed by atoms with Crippen LogP contribution < -0.4 is 10.9 Å².